The quantitative estimate of drug-likeness (QED) is 0.887. The van der Waals surface area contributed by atoms with Crippen molar-refractivity contribution in [2.45, 2.75) is 19.8 Å². The van der Waals surface area contributed by atoms with Gasteiger partial charge in [-0.05, 0) is 50.1 Å². The first-order valence-corrected chi connectivity index (χ1v) is 6.19. The normalized spacial score (nSPS) is 16.4. The third-order valence-corrected chi connectivity index (χ3v) is 3.71. The number of halogens is 1. The van der Waals surface area contributed by atoms with Crippen molar-refractivity contribution < 1.29 is 9.18 Å². The van der Waals surface area contributed by atoms with Crippen LogP contribution in [0.3, 0.4) is 0 Å². The number of nitrogens with two attached hydrogens (primary N) is 1. The average molecular weight is 250 g/mol. The van der Waals surface area contributed by atoms with Gasteiger partial charge < -0.3 is 10.6 Å². The first kappa shape index (κ1) is 13.0. The lowest BCUT2D eigenvalue weighted by molar-refractivity contribution is 0.0766. The molecule has 98 valence electrons. The van der Waals surface area contributed by atoms with Crippen molar-refractivity contribution in [3.63, 3.8) is 0 Å². The van der Waals surface area contributed by atoms with Crippen molar-refractivity contribution in [2.75, 3.05) is 20.1 Å². The minimum Gasteiger partial charge on any atom is -0.341 e. The smallest absolute Gasteiger partial charge is 0.253 e. The maximum Gasteiger partial charge on any atom is 0.253 e. The number of benzene rings is 1. The van der Waals surface area contributed by atoms with Gasteiger partial charge in [-0.15, -0.1) is 0 Å². The number of hydrogen-bond donors (Lipinski definition) is 1. The molecule has 0 unspecified atom stereocenters. The lowest BCUT2D eigenvalue weighted by Gasteiger charge is -2.23. The number of hydrogen-bond acceptors (Lipinski definition) is 2. The maximum absolute atomic E-state index is 13.2. The molecule has 0 spiro atoms. The van der Waals surface area contributed by atoms with Gasteiger partial charge in [-0.2, -0.15) is 0 Å². The van der Waals surface area contributed by atoms with Crippen LogP contribution in [-0.2, 0) is 0 Å². The Hall–Kier alpha value is -1.42. The molecule has 1 fully saturated rings. The van der Waals surface area contributed by atoms with Crippen LogP contribution in [0, 0.1) is 18.2 Å². The zero-order chi connectivity index (χ0) is 13.3. The van der Waals surface area contributed by atoms with Crippen molar-refractivity contribution in [1.29, 1.82) is 0 Å². The highest BCUT2D eigenvalue weighted by molar-refractivity contribution is 5.94. The summed E-state index contributed by atoms with van der Waals surface area (Å²) in [5.74, 6) is -0.354. The van der Waals surface area contributed by atoms with Crippen LogP contribution >= 0.6 is 0 Å². The predicted octanol–water partition coefficient (Wildman–Crippen LogP) is 1.95. The van der Waals surface area contributed by atoms with Gasteiger partial charge in [-0.3, -0.25) is 4.79 Å². The molecule has 1 aromatic rings. The molecule has 1 aliphatic carbocycles. The minimum absolute atomic E-state index is 0.0715. The van der Waals surface area contributed by atoms with Gasteiger partial charge in [0, 0.05) is 24.6 Å². The van der Waals surface area contributed by atoms with Crippen LogP contribution in [-0.4, -0.2) is 30.9 Å². The number of rotatable bonds is 4. The van der Waals surface area contributed by atoms with Gasteiger partial charge in [-0.1, -0.05) is 0 Å². The second kappa shape index (κ2) is 4.69. The first-order chi connectivity index (χ1) is 8.47. The van der Waals surface area contributed by atoms with E-state index in [9.17, 15) is 9.18 Å². The molecule has 0 heterocycles. The lowest BCUT2D eigenvalue weighted by Crippen LogP contribution is -2.35. The van der Waals surface area contributed by atoms with Gasteiger partial charge in [-0.25, -0.2) is 4.39 Å². The summed E-state index contributed by atoms with van der Waals surface area (Å²) in [4.78, 5) is 13.9. The highest BCUT2D eigenvalue weighted by Crippen LogP contribution is 2.45. The summed E-state index contributed by atoms with van der Waals surface area (Å²) in [6, 6.07) is 4.46. The molecule has 0 aliphatic heterocycles. The average Bonchev–Trinajstić information content (AvgIpc) is 3.12. The second-order valence-electron chi connectivity index (χ2n) is 5.33. The predicted molar refractivity (Wildman–Crippen MR) is 68.8 cm³/mol. The summed E-state index contributed by atoms with van der Waals surface area (Å²) in [7, 11) is 1.77. The molecule has 2 N–H and O–H groups in total. The van der Waals surface area contributed by atoms with Crippen molar-refractivity contribution in [2.24, 2.45) is 11.1 Å². The molecule has 1 amide bonds. The van der Waals surface area contributed by atoms with Gasteiger partial charge in [0.25, 0.3) is 5.91 Å². The van der Waals surface area contributed by atoms with Crippen LogP contribution in [0.25, 0.3) is 0 Å². The molecule has 1 aliphatic rings. The number of aryl methyl sites for hydroxylation is 1. The fourth-order valence-electron chi connectivity index (χ4n) is 2.18. The number of carbonyl (C=O) groups is 1. The zero-order valence-electron chi connectivity index (χ0n) is 10.9. The fourth-order valence-corrected chi connectivity index (χ4v) is 2.18. The molecule has 0 aromatic heterocycles. The summed E-state index contributed by atoms with van der Waals surface area (Å²) in [5.41, 5.74) is 6.86. The third kappa shape index (κ3) is 2.53. The van der Waals surface area contributed by atoms with Gasteiger partial charge >= 0.3 is 0 Å². The summed E-state index contributed by atoms with van der Waals surface area (Å²) in [6.45, 7) is 2.96. The largest absolute Gasteiger partial charge is 0.341 e. The van der Waals surface area contributed by atoms with Crippen LogP contribution in [0.1, 0.15) is 28.8 Å². The molecule has 0 saturated heterocycles. The van der Waals surface area contributed by atoms with Crippen LogP contribution in [0.2, 0.25) is 0 Å². The summed E-state index contributed by atoms with van der Waals surface area (Å²) in [6.07, 6.45) is 2.17. The lowest BCUT2D eigenvalue weighted by atomic mass is 10.1. The zero-order valence-corrected chi connectivity index (χ0v) is 10.9. The van der Waals surface area contributed by atoms with Crippen LogP contribution in [0.15, 0.2) is 18.2 Å². The standard InChI is InChI=1S/C14H19FN2O/c1-10-7-11(3-4-12(10)15)13(18)17(2)9-14(8-16)5-6-14/h3-4,7H,5-6,8-9,16H2,1-2H3. The Labute approximate surface area is 107 Å². The number of nitrogens with zero attached hydrogens (tertiary/aromatic N) is 1. The second-order valence-corrected chi connectivity index (χ2v) is 5.33. The van der Waals surface area contributed by atoms with Gasteiger partial charge in [0.1, 0.15) is 5.82 Å². The third-order valence-electron chi connectivity index (χ3n) is 3.71. The van der Waals surface area contributed by atoms with E-state index in [1.807, 2.05) is 0 Å². The molecule has 2 rings (SSSR count). The molecule has 18 heavy (non-hydrogen) atoms. The van der Waals surface area contributed by atoms with Crippen molar-refractivity contribution in [1.82, 2.24) is 4.90 Å². The molecular weight excluding hydrogens is 231 g/mol. The van der Waals surface area contributed by atoms with Gasteiger partial charge in [0.15, 0.2) is 0 Å². The van der Waals surface area contributed by atoms with E-state index >= 15 is 0 Å². The van der Waals surface area contributed by atoms with E-state index in [0.29, 0.717) is 24.2 Å². The monoisotopic (exact) mass is 250 g/mol. The number of carbonyl (C=O) groups excluding carboxylic acids is 1. The highest BCUT2D eigenvalue weighted by atomic mass is 19.1. The van der Waals surface area contributed by atoms with E-state index in [0.717, 1.165) is 12.8 Å². The molecule has 3 nitrogen and oxygen atoms in total. The molecule has 1 saturated carbocycles. The Morgan fingerprint density at radius 2 is 2.17 bits per heavy atom. The van der Waals surface area contributed by atoms with Crippen LogP contribution in [0.5, 0.6) is 0 Å². The van der Waals surface area contributed by atoms with Gasteiger partial charge in [0.2, 0.25) is 0 Å². The van der Waals surface area contributed by atoms with E-state index in [1.165, 1.54) is 12.1 Å². The van der Waals surface area contributed by atoms with E-state index < -0.39 is 0 Å². The minimum atomic E-state index is -0.283. The molecule has 4 heteroatoms. The van der Waals surface area contributed by atoms with E-state index in [2.05, 4.69) is 0 Å². The molecule has 0 atom stereocenters. The Bertz CT molecular complexity index is 469. The Balaban J connectivity index is 2.08. The molecule has 0 radical (unpaired) electrons. The van der Waals surface area contributed by atoms with Gasteiger partial charge in [0.05, 0.1) is 0 Å². The van der Waals surface area contributed by atoms with Crippen molar-refractivity contribution >= 4 is 5.91 Å². The highest BCUT2D eigenvalue weighted by Gasteiger charge is 2.42. The Morgan fingerprint density at radius 1 is 1.50 bits per heavy atom. The first-order valence-electron chi connectivity index (χ1n) is 6.19. The Morgan fingerprint density at radius 3 is 2.67 bits per heavy atom. The summed E-state index contributed by atoms with van der Waals surface area (Å²) in [5, 5.41) is 0. The Kier molecular flexibility index (Phi) is 3.39. The van der Waals surface area contributed by atoms with Crippen LogP contribution in [0.4, 0.5) is 4.39 Å². The van der Waals surface area contributed by atoms with E-state index in [4.69, 9.17) is 5.73 Å². The molecule has 0 bridgehead atoms. The van der Waals surface area contributed by atoms with E-state index in [1.54, 1.807) is 24.9 Å². The summed E-state index contributed by atoms with van der Waals surface area (Å²) >= 11 is 0. The van der Waals surface area contributed by atoms with Crippen LogP contribution < -0.4 is 5.73 Å². The fraction of sp³-hybridized carbons (Fsp3) is 0.500. The van der Waals surface area contributed by atoms with Crippen molar-refractivity contribution in [3.8, 4) is 0 Å². The molecular formula is C14H19FN2O. The summed E-state index contributed by atoms with van der Waals surface area (Å²) < 4.78 is 13.2. The topological polar surface area (TPSA) is 46.3 Å². The molecule has 1 aromatic carbocycles. The van der Waals surface area contributed by atoms with Crippen molar-refractivity contribution in [3.05, 3.63) is 35.1 Å². The van der Waals surface area contributed by atoms with E-state index in [-0.39, 0.29) is 17.1 Å². The SMILES string of the molecule is Cc1cc(C(=O)N(C)CC2(CN)CC2)ccc1F. The maximum atomic E-state index is 13.2. The number of amides is 1.